The average molecular weight is 343 g/mol. The van der Waals surface area contributed by atoms with Crippen LogP contribution in [0.25, 0.3) is 0 Å². The van der Waals surface area contributed by atoms with Gasteiger partial charge in [-0.3, -0.25) is 9.59 Å². The number of pyridine rings is 1. The van der Waals surface area contributed by atoms with E-state index in [4.69, 9.17) is 10.5 Å². The molecule has 0 bridgehead atoms. The van der Waals surface area contributed by atoms with Crippen molar-refractivity contribution in [2.45, 2.75) is 12.5 Å². The zero-order chi connectivity index (χ0) is 16.9. The van der Waals surface area contributed by atoms with Crippen molar-refractivity contribution in [3.63, 3.8) is 0 Å². The van der Waals surface area contributed by atoms with Crippen molar-refractivity contribution in [3.05, 3.63) is 53.7 Å². The lowest BCUT2D eigenvalue weighted by Gasteiger charge is -2.12. The molecule has 3 N–H and O–H groups in total. The number of rotatable bonds is 5. The minimum atomic E-state index is -0.506. The van der Waals surface area contributed by atoms with Crippen molar-refractivity contribution in [1.82, 2.24) is 4.98 Å². The molecule has 1 fully saturated rings. The Hall–Kier alpha value is -2.54. The second kappa shape index (κ2) is 7.35. The summed E-state index contributed by atoms with van der Waals surface area (Å²) in [6.07, 6.45) is 2.71. The topological polar surface area (TPSA) is 94.3 Å². The number of hydrogen-bond donors (Lipinski definition) is 2. The molecule has 1 aromatic heterocycles. The summed E-state index contributed by atoms with van der Waals surface area (Å²) in [4.78, 5) is 27.5. The molecule has 1 atom stereocenters. The van der Waals surface area contributed by atoms with E-state index >= 15 is 0 Å². The zero-order valence-electron chi connectivity index (χ0n) is 12.9. The molecule has 1 saturated heterocycles. The minimum absolute atomic E-state index is 0.155. The molecule has 1 aliphatic rings. The van der Waals surface area contributed by atoms with Gasteiger partial charge in [0, 0.05) is 34.8 Å². The summed E-state index contributed by atoms with van der Waals surface area (Å²) < 4.78 is 5.80. The second-order valence-corrected chi connectivity index (χ2v) is 6.53. The number of nitrogens with one attached hydrogen (secondary N) is 1. The smallest absolute Gasteiger partial charge is 0.255 e. The molecule has 2 amide bonds. The highest BCUT2D eigenvalue weighted by Crippen LogP contribution is 2.22. The fourth-order valence-electron chi connectivity index (χ4n) is 2.31. The third-order valence-corrected chi connectivity index (χ3v) is 4.73. The first-order chi connectivity index (χ1) is 11.6. The molecule has 24 heavy (non-hydrogen) atoms. The van der Waals surface area contributed by atoms with E-state index in [0.29, 0.717) is 22.7 Å². The van der Waals surface area contributed by atoms with Crippen molar-refractivity contribution < 1.29 is 14.3 Å². The highest BCUT2D eigenvalue weighted by atomic mass is 32.2. The molecular weight excluding hydrogens is 326 g/mol. The van der Waals surface area contributed by atoms with Gasteiger partial charge in [0.05, 0.1) is 0 Å². The lowest BCUT2D eigenvalue weighted by atomic mass is 10.2. The van der Waals surface area contributed by atoms with Gasteiger partial charge in [-0.25, -0.2) is 4.98 Å². The van der Waals surface area contributed by atoms with Gasteiger partial charge in [0.15, 0.2) is 0 Å². The van der Waals surface area contributed by atoms with Crippen molar-refractivity contribution in [1.29, 1.82) is 0 Å². The van der Waals surface area contributed by atoms with Crippen LogP contribution in [0.15, 0.2) is 42.6 Å². The lowest BCUT2D eigenvalue weighted by Crippen LogP contribution is -2.17. The lowest BCUT2D eigenvalue weighted by molar-refractivity contribution is 0.0998. The first kappa shape index (κ1) is 16.3. The Kier molecular flexibility index (Phi) is 5.00. The average Bonchev–Trinajstić information content (AvgIpc) is 3.08. The number of primary amides is 1. The van der Waals surface area contributed by atoms with Gasteiger partial charge < -0.3 is 15.8 Å². The highest BCUT2D eigenvalue weighted by Gasteiger charge is 2.18. The molecular formula is C17H17N3O3S. The van der Waals surface area contributed by atoms with Gasteiger partial charge in [-0.2, -0.15) is 11.8 Å². The maximum Gasteiger partial charge on any atom is 0.255 e. The Morgan fingerprint density at radius 2 is 2.00 bits per heavy atom. The SMILES string of the molecule is NC(=O)c1ccc(NC(=O)c2ccnc(OC3CCSC3)c2)cc1. The van der Waals surface area contributed by atoms with Crippen LogP contribution in [-0.2, 0) is 0 Å². The number of ether oxygens (including phenoxy) is 1. The zero-order valence-corrected chi connectivity index (χ0v) is 13.7. The molecule has 124 valence electrons. The molecule has 1 aliphatic heterocycles. The minimum Gasteiger partial charge on any atom is -0.473 e. The fourth-order valence-corrected chi connectivity index (χ4v) is 3.41. The van der Waals surface area contributed by atoms with Crippen molar-refractivity contribution in [2.24, 2.45) is 5.73 Å². The molecule has 1 unspecified atom stereocenters. The largest absolute Gasteiger partial charge is 0.473 e. The number of nitrogens with zero attached hydrogens (tertiary/aromatic N) is 1. The van der Waals surface area contributed by atoms with Gasteiger partial charge in [-0.15, -0.1) is 0 Å². The predicted molar refractivity (Wildman–Crippen MR) is 93.5 cm³/mol. The number of benzene rings is 1. The van der Waals surface area contributed by atoms with E-state index in [2.05, 4.69) is 10.3 Å². The summed E-state index contributed by atoms with van der Waals surface area (Å²) in [6.45, 7) is 0. The molecule has 2 aromatic rings. The molecule has 0 saturated carbocycles. The molecule has 1 aromatic carbocycles. The van der Waals surface area contributed by atoms with E-state index in [9.17, 15) is 9.59 Å². The predicted octanol–water partition coefficient (Wildman–Crippen LogP) is 2.32. The number of thioether (sulfide) groups is 1. The van der Waals surface area contributed by atoms with Crippen LogP contribution in [0.1, 0.15) is 27.1 Å². The Bertz CT molecular complexity index is 743. The molecule has 7 heteroatoms. The molecule has 3 rings (SSSR count). The normalized spacial score (nSPS) is 16.6. The van der Waals surface area contributed by atoms with Gasteiger partial charge in [-0.1, -0.05) is 0 Å². The van der Waals surface area contributed by atoms with E-state index < -0.39 is 5.91 Å². The fraction of sp³-hybridized carbons (Fsp3) is 0.235. The van der Waals surface area contributed by atoms with Crippen LogP contribution >= 0.6 is 11.8 Å². The summed E-state index contributed by atoms with van der Waals surface area (Å²) >= 11 is 1.85. The summed E-state index contributed by atoms with van der Waals surface area (Å²) in [5, 5.41) is 2.77. The number of carbonyl (C=O) groups is 2. The maximum atomic E-state index is 12.3. The van der Waals surface area contributed by atoms with Gasteiger partial charge >= 0.3 is 0 Å². The molecule has 0 aliphatic carbocycles. The summed E-state index contributed by atoms with van der Waals surface area (Å²) in [6, 6.07) is 9.66. The van der Waals surface area contributed by atoms with Crippen molar-refractivity contribution in [2.75, 3.05) is 16.8 Å². The van der Waals surface area contributed by atoms with E-state index in [1.54, 1.807) is 42.6 Å². The highest BCUT2D eigenvalue weighted by molar-refractivity contribution is 7.99. The number of nitrogens with two attached hydrogens (primary N) is 1. The number of anilines is 1. The maximum absolute atomic E-state index is 12.3. The van der Waals surface area contributed by atoms with Crippen LogP contribution in [0.3, 0.4) is 0 Å². The Morgan fingerprint density at radius 3 is 2.67 bits per heavy atom. The van der Waals surface area contributed by atoms with Crippen LogP contribution in [-0.4, -0.2) is 34.4 Å². The van der Waals surface area contributed by atoms with Crippen LogP contribution in [0.2, 0.25) is 0 Å². The molecule has 2 heterocycles. The molecule has 0 radical (unpaired) electrons. The molecule has 0 spiro atoms. The monoisotopic (exact) mass is 343 g/mol. The Balaban J connectivity index is 1.66. The van der Waals surface area contributed by atoms with E-state index in [1.807, 2.05) is 11.8 Å². The number of amides is 2. The van der Waals surface area contributed by atoms with Crippen molar-refractivity contribution >= 4 is 29.3 Å². The van der Waals surface area contributed by atoms with Crippen LogP contribution in [0, 0.1) is 0 Å². The van der Waals surface area contributed by atoms with Gasteiger partial charge in [0.25, 0.3) is 5.91 Å². The summed E-state index contributed by atoms with van der Waals surface area (Å²) in [5.74, 6) is 1.72. The summed E-state index contributed by atoms with van der Waals surface area (Å²) in [7, 11) is 0. The first-order valence-electron chi connectivity index (χ1n) is 7.53. The third-order valence-electron chi connectivity index (χ3n) is 3.60. The van der Waals surface area contributed by atoms with E-state index in [-0.39, 0.29) is 12.0 Å². The van der Waals surface area contributed by atoms with Crippen LogP contribution in [0.4, 0.5) is 5.69 Å². The van der Waals surface area contributed by atoms with E-state index in [0.717, 1.165) is 17.9 Å². The van der Waals surface area contributed by atoms with Gasteiger partial charge in [-0.05, 0) is 42.5 Å². The Morgan fingerprint density at radius 1 is 1.21 bits per heavy atom. The van der Waals surface area contributed by atoms with Gasteiger partial charge in [0.1, 0.15) is 6.10 Å². The van der Waals surface area contributed by atoms with Crippen LogP contribution < -0.4 is 15.8 Å². The molecule has 6 nitrogen and oxygen atoms in total. The third kappa shape index (κ3) is 4.05. The van der Waals surface area contributed by atoms with Crippen molar-refractivity contribution in [3.8, 4) is 5.88 Å². The quantitative estimate of drug-likeness (QED) is 0.869. The van der Waals surface area contributed by atoms with E-state index in [1.165, 1.54) is 0 Å². The van der Waals surface area contributed by atoms with Crippen LogP contribution in [0.5, 0.6) is 5.88 Å². The standard InChI is InChI=1S/C17H17N3O3S/c18-16(21)11-1-3-13(4-2-11)20-17(22)12-5-7-19-15(9-12)23-14-6-8-24-10-14/h1-5,7,9,14H,6,8,10H2,(H2,18,21)(H,20,22). The first-order valence-corrected chi connectivity index (χ1v) is 8.69. The number of carbonyl (C=O) groups excluding carboxylic acids is 2. The number of aromatic nitrogens is 1. The number of hydrogen-bond acceptors (Lipinski definition) is 5. The van der Waals surface area contributed by atoms with Gasteiger partial charge in [0.2, 0.25) is 11.8 Å². The Labute approximate surface area is 143 Å². The second-order valence-electron chi connectivity index (χ2n) is 5.38. The summed E-state index contributed by atoms with van der Waals surface area (Å²) in [5.41, 5.74) is 6.62.